The van der Waals surface area contributed by atoms with Crippen LogP contribution in [0.5, 0.6) is 0 Å². The van der Waals surface area contributed by atoms with E-state index in [-0.39, 0.29) is 0 Å². The average molecular weight is 219 g/mol. The maximum absolute atomic E-state index is 4.27. The smallest absolute Gasteiger partial charge is 0.151 e. The molecule has 0 bridgehead atoms. The van der Waals surface area contributed by atoms with Gasteiger partial charge in [0.2, 0.25) is 0 Å². The van der Waals surface area contributed by atoms with E-state index in [1.807, 2.05) is 13.0 Å². The van der Waals surface area contributed by atoms with Gasteiger partial charge in [0.15, 0.2) is 5.82 Å². The fraction of sp³-hybridized carbons (Fsp3) is 0.692. The molecular weight excluding hydrogens is 198 g/mol. The third-order valence-corrected chi connectivity index (χ3v) is 3.87. The Hall–Kier alpha value is -1.12. The van der Waals surface area contributed by atoms with Crippen LogP contribution in [0.2, 0.25) is 0 Å². The molecule has 0 radical (unpaired) electrons. The van der Waals surface area contributed by atoms with E-state index in [1.165, 1.54) is 6.42 Å². The molecule has 3 nitrogen and oxygen atoms in total. The van der Waals surface area contributed by atoms with Crippen LogP contribution in [0.3, 0.4) is 0 Å². The molecule has 1 saturated heterocycles. The molecule has 0 amide bonds. The van der Waals surface area contributed by atoms with E-state index in [9.17, 15) is 0 Å². The second-order valence-corrected chi connectivity index (χ2v) is 5.63. The molecule has 2 rings (SSSR count). The molecule has 0 aromatic carbocycles. The van der Waals surface area contributed by atoms with Gasteiger partial charge >= 0.3 is 0 Å². The van der Waals surface area contributed by atoms with Gasteiger partial charge in [-0.25, -0.2) is 0 Å². The highest BCUT2D eigenvalue weighted by atomic mass is 15.3. The maximum Gasteiger partial charge on any atom is 0.151 e. The second-order valence-electron chi connectivity index (χ2n) is 5.63. The number of hydrogen-bond donors (Lipinski definition) is 0. The second kappa shape index (κ2) is 4.04. The van der Waals surface area contributed by atoms with E-state index in [0.29, 0.717) is 5.41 Å². The SMILES string of the molecule is Cc1ccc(N2CC[C@@H](C)C(C)(C)C2)nn1. The molecule has 0 saturated carbocycles. The standard InChI is InChI=1S/C13H21N3/c1-10-7-8-16(9-13(10,3)4)12-6-5-11(2)14-15-12/h5-6,10H,7-9H2,1-4H3/t10-/m1/s1. The molecule has 3 heteroatoms. The minimum atomic E-state index is 0.366. The van der Waals surface area contributed by atoms with Crippen molar-refractivity contribution in [2.24, 2.45) is 11.3 Å². The number of aromatic nitrogens is 2. The lowest BCUT2D eigenvalue weighted by Gasteiger charge is -2.43. The van der Waals surface area contributed by atoms with Crippen LogP contribution in [0.15, 0.2) is 12.1 Å². The molecule has 2 heterocycles. The van der Waals surface area contributed by atoms with Gasteiger partial charge in [0.25, 0.3) is 0 Å². The Kier molecular flexibility index (Phi) is 2.87. The van der Waals surface area contributed by atoms with Gasteiger partial charge in [-0.05, 0) is 36.8 Å². The van der Waals surface area contributed by atoms with Gasteiger partial charge in [-0.2, -0.15) is 5.10 Å². The number of anilines is 1. The fourth-order valence-electron chi connectivity index (χ4n) is 2.22. The summed E-state index contributed by atoms with van der Waals surface area (Å²) in [5, 5.41) is 8.40. The lowest BCUT2D eigenvalue weighted by Crippen LogP contribution is -2.45. The van der Waals surface area contributed by atoms with Crippen LogP contribution in [0.25, 0.3) is 0 Å². The van der Waals surface area contributed by atoms with Gasteiger partial charge in [-0.3, -0.25) is 0 Å². The summed E-state index contributed by atoms with van der Waals surface area (Å²) in [5.74, 6) is 1.80. The topological polar surface area (TPSA) is 29.0 Å². The van der Waals surface area contributed by atoms with Crippen molar-refractivity contribution in [3.05, 3.63) is 17.8 Å². The summed E-state index contributed by atoms with van der Waals surface area (Å²) in [6.45, 7) is 11.2. The van der Waals surface area contributed by atoms with Crippen LogP contribution in [0.4, 0.5) is 5.82 Å². The van der Waals surface area contributed by atoms with E-state index in [0.717, 1.165) is 30.5 Å². The van der Waals surface area contributed by atoms with Crippen molar-refractivity contribution < 1.29 is 0 Å². The summed E-state index contributed by atoms with van der Waals surface area (Å²) in [7, 11) is 0. The summed E-state index contributed by atoms with van der Waals surface area (Å²) < 4.78 is 0. The van der Waals surface area contributed by atoms with Crippen LogP contribution in [-0.2, 0) is 0 Å². The first kappa shape index (κ1) is 11.4. The molecule has 1 fully saturated rings. The minimum Gasteiger partial charge on any atom is -0.355 e. The molecule has 1 aliphatic heterocycles. The molecule has 16 heavy (non-hydrogen) atoms. The average Bonchev–Trinajstić information content (AvgIpc) is 2.23. The van der Waals surface area contributed by atoms with Crippen molar-refractivity contribution in [1.29, 1.82) is 0 Å². The van der Waals surface area contributed by atoms with Gasteiger partial charge < -0.3 is 4.90 Å². The van der Waals surface area contributed by atoms with E-state index in [1.54, 1.807) is 0 Å². The van der Waals surface area contributed by atoms with Crippen molar-refractivity contribution in [2.75, 3.05) is 18.0 Å². The van der Waals surface area contributed by atoms with Gasteiger partial charge in [0.1, 0.15) is 0 Å². The maximum atomic E-state index is 4.27. The largest absolute Gasteiger partial charge is 0.355 e. The molecule has 1 atom stereocenters. The summed E-state index contributed by atoms with van der Waals surface area (Å²) in [6.07, 6.45) is 1.24. The van der Waals surface area contributed by atoms with E-state index < -0.39 is 0 Å². The first-order chi connectivity index (χ1) is 7.49. The highest BCUT2D eigenvalue weighted by molar-refractivity contribution is 5.38. The van der Waals surface area contributed by atoms with Crippen LogP contribution >= 0.6 is 0 Å². The van der Waals surface area contributed by atoms with E-state index in [2.05, 4.69) is 41.9 Å². The predicted octanol–water partition coefficient (Wildman–Crippen LogP) is 2.66. The molecule has 0 N–H and O–H groups in total. The summed E-state index contributed by atoms with van der Waals surface area (Å²) in [4.78, 5) is 2.35. The normalized spacial score (nSPS) is 24.5. The number of nitrogens with zero attached hydrogens (tertiary/aromatic N) is 3. The zero-order chi connectivity index (χ0) is 11.8. The Morgan fingerprint density at radius 1 is 1.31 bits per heavy atom. The third kappa shape index (κ3) is 2.18. The molecule has 1 aromatic heterocycles. The Balaban J connectivity index is 2.14. The highest BCUT2D eigenvalue weighted by Gasteiger charge is 2.33. The third-order valence-electron chi connectivity index (χ3n) is 3.87. The Morgan fingerprint density at radius 2 is 2.06 bits per heavy atom. The van der Waals surface area contributed by atoms with Gasteiger partial charge in [-0.1, -0.05) is 20.8 Å². The van der Waals surface area contributed by atoms with Crippen LogP contribution in [-0.4, -0.2) is 23.3 Å². The number of aryl methyl sites for hydroxylation is 1. The van der Waals surface area contributed by atoms with Crippen LogP contribution < -0.4 is 4.90 Å². The van der Waals surface area contributed by atoms with E-state index in [4.69, 9.17) is 0 Å². The first-order valence-corrected chi connectivity index (χ1v) is 6.04. The lowest BCUT2D eigenvalue weighted by atomic mass is 9.75. The fourth-order valence-corrected chi connectivity index (χ4v) is 2.22. The number of piperidine rings is 1. The van der Waals surface area contributed by atoms with E-state index >= 15 is 0 Å². The molecular formula is C13H21N3. The number of hydrogen-bond acceptors (Lipinski definition) is 3. The summed E-state index contributed by atoms with van der Waals surface area (Å²) in [5.41, 5.74) is 1.35. The predicted molar refractivity (Wildman–Crippen MR) is 66.5 cm³/mol. The number of rotatable bonds is 1. The molecule has 0 unspecified atom stereocenters. The van der Waals surface area contributed by atoms with Crippen molar-refractivity contribution in [2.45, 2.75) is 34.1 Å². The van der Waals surface area contributed by atoms with Crippen molar-refractivity contribution >= 4 is 5.82 Å². The van der Waals surface area contributed by atoms with Crippen LogP contribution in [0.1, 0.15) is 32.9 Å². The zero-order valence-corrected chi connectivity index (χ0v) is 10.7. The summed E-state index contributed by atoms with van der Waals surface area (Å²) in [6, 6.07) is 4.11. The van der Waals surface area contributed by atoms with Gasteiger partial charge in [-0.15, -0.1) is 5.10 Å². The highest BCUT2D eigenvalue weighted by Crippen LogP contribution is 2.35. The van der Waals surface area contributed by atoms with Crippen molar-refractivity contribution in [3.63, 3.8) is 0 Å². The van der Waals surface area contributed by atoms with Gasteiger partial charge in [0, 0.05) is 13.1 Å². The van der Waals surface area contributed by atoms with Crippen LogP contribution in [0, 0.1) is 18.3 Å². The molecule has 0 aliphatic carbocycles. The quantitative estimate of drug-likeness (QED) is 0.727. The lowest BCUT2D eigenvalue weighted by molar-refractivity contribution is 0.193. The zero-order valence-electron chi connectivity index (χ0n) is 10.7. The Morgan fingerprint density at radius 3 is 2.62 bits per heavy atom. The summed E-state index contributed by atoms with van der Waals surface area (Å²) >= 11 is 0. The van der Waals surface area contributed by atoms with Crippen molar-refractivity contribution in [3.8, 4) is 0 Å². The Bertz CT molecular complexity index is 356. The monoisotopic (exact) mass is 219 g/mol. The molecule has 88 valence electrons. The molecule has 0 spiro atoms. The minimum absolute atomic E-state index is 0.366. The van der Waals surface area contributed by atoms with Gasteiger partial charge in [0.05, 0.1) is 5.69 Å². The van der Waals surface area contributed by atoms with Crippen molar-refractivity contribution in [1.82, 2.24) is 10.2 Å². The molecule has 1 aliphatic rings. The molecule has 1 aromatic rings. The first-order valence-electron chi connectivity index (χ1n) is 6.04. The Labute approximate surface area is 97.9 Å².